The maximum Gasteiger partial charge on any atom is 0.320 e. The van der Waals surface area contributed by atoms with E-state index in [1.807, 2.05) is 6.07 Å². The number of fused-ring (bicyclic) bond motifs is 1. The fourth-order valence-electron chi connectivity index (χ4n) is 6.44. The van der Waals surface area contributed by atoms with Crippen LogP contribution < -0.4 is 5.73 Å². The molecular weight excluding hydrogens is 506 g/mol. The van der Waals surface area contributed by atoms with Gasteiger partial charge in [-0.3, -0.25) is 4.79 Å². The van der Waals surface area contributed by atoms with E-state index in [-0.39, 0.29) is 17.1 Å². The van der Waals surface area contributed by atoms with Crippen molar-refractivity contribution in [1.29, 1.82) is 0 Å². The standard InChI is InChI=1S/C31H37N5O2S/c1-19-4-6-20(7-5-19)25-18-35(2)15-13-23(25)24-16-27(39-30(24)31(37)38-3)22-10-8-21(9-11-22)26-17-29-33-14-12-28(32)36(29)34-26/h8-12,14,16-17,19-20,24,30H,4-7,13,15,18,32H2,1-3H3. The predicted molar refractivity (Wildman–Crippen MR) is 158 cm³/mol. The lowest BCUT2D eigenvalue weighted by Crippen LogP contribution is -2.36. The van der Waals surface area contributed by atoms with Crippen molar-refractivity contribution < 1.29 is 9.53 Å². The molecule has 1 aliphatic carbocycles. The summed E-state index contributed by atoms with van der Waals surface area (Å²) in [5.41, 5.74) is 12.8. The minimum absolute atomic E-state index is 0.0765. The molecule has 8 heteroatoms. The van der Waals surface area contributed by atoms with Gasteiger partial charge in [-0.05, 0) is 49.8 Å². The third-order valence-corrected chi connectivity index (χ3v) is 10.1. The third kappa shape index (κ3) is 5.12. The van der Waals surface area contributed by atoms with E-state index in [9.17, 15) is 4.79 Å². The normalized spacial score (nSPS) is 26.2. The Morgan fingerprint density at radius 2 is 1.82 bits per heavy atom. The van der Waals surface area contributed by atoms with Crippen LogP contribution >= 0.6 is 11.8 Å². The van der Waals surface area contributed by atoms with Gasteiger partial charge < -0.3 is 15.4 Å². The smallest absolute Gasteiger partial charge is 0.320 e. The van der Waals surface area contributed by atoms with Crippen molar-refractivity contribution in [2.75, 3.05) is 33.0 Å². The number of hydrogen-bond donors (Lipinski definition) is 1. The minimum Gasteiger partial charge on any atom is -0.468 e. The van der Waals surface area contributed by atoms with Crippen molar-refractivity contribution in [2.45, 2.75) is 44.3 Å². The molecule has 0 saturated heterocycles. The van der Waals surface area contributed by atoms with E-state index in [0.717, 1.165) is 52.8 Å². The molecule has 0 spiro atoms. The number of aromatic nitrogens is 3. The van der Waals surface area contributed by atoms with Crippen LogP contribution in [-0.2, 0) is 9.53 Å². The molecule has 4 heterocycles. The molecule has 0 amide bonds. The Labute approximate surface area is 234 Å². The lowest BCUT2D eigenvalue weighted by molar-refractivity contribution is -0.140. The van der Waals surface area contributed by atoms with Crippen molar-refractivity contribution in [3.05, 3.63) is 65.4 Å². The van der Waals surface area contributed by atoms with E-state index in [1.54, 1.807) is 34.1 Å². The highest BCUT2D eigenvalue weighted by Crippen LogP contribution is 2.49. The van der Waals surface area contributed by atoms with E-state index >= 15 is 0 Å². The average molecular weight is 544 g/mol. The van der Waals surface area contributed by atoms with Gasteiger partial charge in [0.15, 0.2) is 5.65 Å². The van der Waals surface area contributed by atoms with Gasteiger partial charge in [0.2, 0.25) is 0 Å². The predicted octanol–water partition coefficient (Wildman–Crippen LogP) is 5.68. The largest absolute Gasteiger partial charge is 0.468 e. The van der Waals surface area contributed by atoms with E-state index in [0.29, 0.717) is 11.7 Å². The summed E-state index contributed by atoms with van der Waals surface area (Å²) >= 11 is 1.65. The Morgan fingerprint density at radius 1 is 1.08 bits per heavy atom. The zero-order valence-electron chi connectivity index (χ0n) is 23.0. The van der Waals surface area contributed by atoms with E-state index in [4.69, 9.17) is 10.5 Å². The first kappa shape index (κ1) is 26.1. The number of carbonyl (C=O) groups is 1. The molecule has 2 N–H and O–H groups in total. The lowest BCUT2D eigenvalue weighted by Gasteiger charge is -2.37. The molecule has 2 aliphatic heterocycles. The van der Waals surface area contributed by atoms with Gasteiger partial charge in [-0.15, -0.1) is 11.8 Å². The number of likely N-dealkylation sites (N-methyl/N-ethyl adjacent to an activating group) is 1. The molecule has 2 unspecified atom stereocenters. The number of anilines is 1. The van der Waals surface area contributed by atoms with Crippen molar-refractivity contribution in [2.24, 2.45) is 17.8 Å². The molecular formula is C31H37N5O2S. The van der Waals surface area contributed by atoms with Crippen LogP contribution in [0.3, 0.4) is 0 Å². The Balaban J connectivity index is 1.32. The highest BCUT2D eigenvalue weighted by molar-refractivity contribution is 8.09. The van der Waals surface area contributed by atoms with E-state index < -0.39 is 0 Å². The summed E-state index contributed by atoms with van der Waals surface area (Å²) < 4.78 is 6.97. The maximum absolute atomic E-state index is 13.1. The van der Waals surface area contributed by atoms with Crippen molar-refractivity contribution in [3.63, 3.8) is 0 Å². The molecule has 3 aliphatic rings. The van der Waals surface area contributed by atoms with Gasteiger partial charge in [-0.25, -0.2) is 4.98 Å². The molecule has 2 atom stereocenters. The van der Waals surface area contributed by atoms with Gasteiger partial charge in [-0.1, -0.05) is 61.3 Å². The van der Waals surface area contributed by atoms with E-state index in [1.165, 1.54) is 38.4 Å². The van der Waals surface area contributed by atoms with Gasteiger partial charge in [0, 0.05) is 41.7 Å². The van der Waals surface area contributed by atoms with Gasteiger partial charge in [-0.2, -0.15) is 9.61 Å². The second-order valence-corrected chi connectivity index (χ2v) is 12.5. The molecule has 1 saturated carbocycles. The number of ether oxygens (including phenoxy) is 1. The summed E-state index contributed by atoms with van der Waals surface area (Å²) in [6.45, 7) is 4.42. The maximum atomic E-state index is 13.1. The zero-order chi connectivity index (χ0) is 27.1. The van der Waals surface area contributed by atoms with Gasteiger partial charge >= 0.3 is 5.97 Å². The van der Waals surface area contributed by atoms with Crippen LogP contribution in [0.15, 0.2) is 59.8 Å². The van der Waals surface area contributed by atoms with Crippen LogP contribution in [0.1, 0.15) is 44.6 Å². The molecule has 7 nitrogen and oxygen atoms in total. The number of nitrogens with zero attached hydrogens (tertiary/aromatic N) is 4. The number of rotatable bonds is 5. The summed E-state index contributed by atoms with van der Waals surface area (Å²) in [5.74, 6) is 1.95. The molecule has 1 fully saturated rings. The Kier molecular flexibility index (Phi) is 7.25. The number of benzene rings is 1. The van der Waals surface area contributed by atoms with Gasteiger partial charge in [0.25, 0.3) is 0 Å². The number of nitrogen functional groups attached to an aromatic ring is 1. The van der Waals surface area contributed by atoms with Crippen molar-refractivity contribution in [1.82, 2.24) is 19.5 Å². The molecule has 204 valence electrons. The van der Waals surface area contributed by atoms with Crippen LogP contribution in [-0.4, -0.2) is 58.0 Å². The number of allylic oxidation sites excluding steroid dienone is 1. The fraction of sp³-hybridized carbons (Fsp3) is 0.452. The molecule has 0 radical (unpaired) electrons. The first-order valence-electron chi connectivity index (χ1n) is 14.0. The SMILES string of the molecule is COC(=O)C1SC(c2ccc(-c3cc4nccc(N)n4n3)cc2)=CC1C1=C(C2CCC(C)CC2)CN(C)CC1. The van der Waals surface area contributed by atoms with Crippen LogP contribution in [0, 0.1) is 17.8 Å². The van der Waals surface area contributed by atoms with Crippen molar-refractivity contribution in [3.8, 4) is 11.3 Å². The summed E-state index contributed by atoms with van der Waals surface area (Å²) in [4.78, 5) is 21.0. The highest BCUT2D eigenvalue weighted by Gasteiger charge is 2.40. The highest BCUT2D eigenvalue weighted by atomic mass is 32.2. The minimum atomic E-state index is -0.243. The number of esters is 1. The quantitative estimate of drug-likeness (QED) is 0.327. The van der Waals surface area contributed by atoms with E-state index in [2.05, 4.69) is 59.3 Å². The van der Waals surface area contributed by atoms with Gasteiger partial charge in [0.1, 0.15) is 11.1 Å². The first-order chi connectivity index (χ1) is 18.9. The number of carbonyl (C=O) groups excluding carboxylic acids is 1. The topological polar surface area (TPSA) is 85.7 Å². The Morgan fingerprint density at radius 3 is 2.54 bits per heavy atom. The van der Waals surface area contributed by atoms with Gasteiger partial charge in [0.05, 0.1) is 12.8 Å². The molecule has 0 bridgehead atoms. The second-order valence-electron chi connectivity index (χ2n) is 11.4. The summed E-state index contributed by atoms with van der Waals surface area (Å²) in [6.07, 6.45) is 10.2. The zero-order valence-corrected chi connectivity index (χ0v) is 23.8. The number of nitrogens with two attached hydrogens (primary N) is 1. The molecule has 39 heavy (non-hydrogen) atoms. The summed E-state index contributed by atoms with van der Waals surface area (Å²) in [6, 6.07) is 12.1. The monoisotopic (exact) mass is 543 g/mol. The van der Waals surface area contributed by atoms with Crippen LogP contribution in [0.4, 0.5) is 5.82 Å². The second kappa shape index (κ2) is 10.8. The van der Waals surface area contributed by atoms with Crippen LogP contribution in [0.5, 0.6) is 0 Å². The molecule has 2 aromatic heterocycles. The van der Waals surface area contributed by atoms with Crippen molar-refractivity contribution >= 4 is 34.1 Å². The summed E-state index contributed by atoms with van der Waals surface area (Å²) in [5, 5.41) is 4.39. The van der Waals surface area contributed by atoms with Crippen LogP contribution in [0.2, 0.25) is 0 Å². The molecule has 6 rings (SSSR count). The molecule has 1 aromatic carbocycles. The summed E-state index contributed by atoms with van der Waals surface area (Å²) in [7, 11) is 3.73. The lowest BCUT2D eigenvalue weighted by atomic mass is 9.74. The average Bonchev–Trinajstić information content (AvgIpc) is 3.59. The first-order valence-corrected chi connectivity index (χ1v) is 14.9. The Bertz CT molecular complexity index is 1430. The molecule has 3 aromatic rings. The van der Waals surface area contributed by atoms with Crippen LogP contribution in [0.25, 0.3) is 21.8 Å². The third-order valence-electron chi connectivity index (χ3n) is 8.72. The number of hydrogen-bond acceptors (Lipinski definition) is 7. The number of thioether (sulfide) groups is 1. The fourth-order valence-corrected chi connectivity index (χ4v) is 7.80. The Hall–Kier alpha value is -3.10. The number of methoxy groups -OCH3 is 1.